The summed E-state index contributed by atoms with van der Waals surface area (Å²) in [4.78, 5) is 7.01. The fraction of sp³-hybridized carbons (Fsp3) is 0.286. The first-order valence-corrected chi connectivity index (χ1v) is 12.6. The van der Waals surface area contributed by atoms with Crippen LogP contribution in [0.3, 0.4) is 0 Å². The molecule has 9 heteroatoms. The third-order valence-electron chi connectivity index (χ3n) is 5.19. The Kier molecular flexibility index (Phi) is 6.36. The van der Waals surface area contributed by atoms with E-state index >= 15 is 0 Å². The van der Waals surface area contributed by atoms with Gasteiger partial charge in [0.25, 0.3) is 0 Å². The van der Waals surface area contributed by atoms with Gasteiger partial charge in [-0.2, -0.15) is 4.31 Å². The highest BCUT2D eigenvalue weighted by Gasteiger charge is 2.31. The van der Waals surface area contributed by atoms with Crippen LogP contribution in [0.15, 0.2) is 52.7 Å². The van der Waals surface area contributed by atoms with Crippen molar-refractivity contribution in [3.8, 4) is 0 Å². The van der Waals surface area contributed by atoms with Crippen molar-refractivity contribution in [2.75, 3.05) is 31.1 Å². The number of piperazine rings is 1. The van der Waals surface area contributed by atoms with Gasteiger partial charge in [-0.05, 0) is 36.2 Å². The highest BCUT2D eigenvalue weighted by atomic mass is 35.5. The zero-order valence-electron chi connectivity index (χ0n) is 16.4. The molecule has 0 atom stereocenters. The van der Waals surface area contributed by atoms with Crippen LogP contribution in [-0.4, -0.2) is 43.9 Å². The van der Waals surface area contributed by atoms with E-state index in [1.54, 1.807) is 17.4 Å². The summed E-state index contributed by atoms with van der Waals surface area (Å²) in [5, 5.41) is 3.57. The van der Waals surface area contributed by atoms with E-state index in [4.69, 9.17) is 28.2 Å². The van der Waals surface area contributed by atoms with Gasteiger partial charge in [0.2, 0.25) is 10.0 Å². The summed E-state index contributed by atoms with van der Waals surface area (Å²) in [5.41, 5.74) is 3.56. The predicted molar refractivity (Wildman–Crippen MR) is 124 cm³/mol. The average Bonchev–Trinajstić information content (AvgIpc) is 3.18. The normalized spacial score (nSPS) is 15.5. The smallest absolute Gasteiger partial charge is 0.244 e. The number of thiazole rings is 1. The summed E-state index contributed by atoms with van der Waals surface area (Å²) >= 11 is 13.6. The number of hydrogen-bond donors (Lipinski definition) is 0. The van der Waals surface area contributed by atoms with Crippen LogP contribution in [0.2, 0.25) is 10.0 Å². The summed E-state index contributed by atoms with van der Waals surface area (Å²) in [7, 11) is -3.66. The van der Waals surface area contributed by atoms with Crippen molar-refractivity contribution in [3.05, 3.63) is 74.7 Å². The first kappa shape index (κ1) is 21.6. The van der Waals surface area contributed by atoms with Gasteiger partial charge in [-0.1, -0.05) is 47.5 Å². The van der Waals surface area contributed by atoms with Crippen molar-refractivity contribution in [1.29, 1.82) is 0 Å². The van der Waals surface area contributed by atoms with Gasteiger partial charge in [0.1, 0.15) is 4.90 Å². The van der Waals surface area contributed by atoms with E-state index in [-0.39, 0.29) is 9.92 Å². The molecule has 3 aromatic rings. The molecule has 1 saturated heterocycles. The van der Waals surface area contributed by atoms with Crippen LogP contribution in [0, 0.1) is 6.92 Å². The van der Waals surface area contributed by atoms with Gasteiger partial charge >= 0.3 is 0 Å². The number of aryl methyl sites for hydroxylation is 1. The van der Waals surface area contributed by atoms with Crippen molar-refractivity contribution in [3.63, 3.8) is 0 Å². The van der Waals surface area contributed by atoms with Gasteiger partial charge in [0.05, 0.1) is 10.7 Å². The third kappa shape index (κ3) is 4.50. The van der Waals surface area contributed by atoms with Gasteiger partial charge in [0, 0.05) is 43.0 Å². The van der Waals surface area contributed by atoms with E-state index < -0.39 is 10.0 Å². The van der Waals surface area contributed by atoms with Crippen LogP contribution in [0.1, 0.15) is 16.8 Å². The van der Waals surface area contributed by atoms with Gasteiger partial charge in [-0.25, -0.2) is 13.4 Å². The number of sulfonamides is 1. The van der Waals surface area contributed by atoms with Gasteiger partial charge in [0.15, 0.2) is 5.13 Å². The van der Waals surface area contributed by atoms with Gasteiger partial charge in [-0.3, -0.25) is 0 Å². The maximum absolute atomic E-state index is 13.0. The highest BCUT2D eigenvalue weighted by Crippen LogP contribution is 2.29. The third-order valence-corrected chi connectivity index (χ3v) is 8.76. The molecule has 0 amide bonds. The molecule has 4 rings (SSSR count). The van der Waals surface area contributed by atoms with Crippen molar-refractivity contribution < 1.29 is 8.42 Å². The molecule has 1 aliphatic rings. The van der Waals surface area contributed by atoms with Crippen LogP contribution in [0.4, 0.5) is 5.13 Å². The van der Waals surface area contributed by atoms with E-state index in [9.17, 15) is 8.42 Å². The van der Waals surface area contributed by atoms with E-state index in [0.717, 1.165) is 17.2 Å². The molecule has 0 unspecified atom stereocenters. The standard InChI is InChI=1S/C21H21Cl2N3O2S2/c1-15-4-2-3-5-16(15)12-18-14-29-21(24-18)25-8-10-26(11-9-25)30(27,28)20-7-6-17(22)13-19(20)23/h2-7,13-14H,8-12H2,1H3. The Balaban J connectivity index is 1.42. The number of anilines is 1. The van der Waals surface area contributed by atoms with E-state index in [1.807, 2.05) is 12.1 Å². The second-order valence-electron chi connectivity index (χ2n) is 7.19. The summed E-state index contributed by atoms with van der Waals surface area (Å²) in [5.74, 6) is 0. The molecular weight excluding hydrogens is 461 g/mol. The number of benzene rings is 2. The largest absolute Gasteiger partial charge is 0.345 e. The Morgan fingerprint density at radius 2 is 1.80 bits per heavy atom. The van der Waals surface area contributed by atoms with Gasteiger partial charge in [-0.15, -0.1) is 11.3 Å². The maximum Gasteiger partial charge on any atom is 0.244 e. The summed E-state index contributed by atoms with van der Waals surface area (Å²) < 4.78 is 27.4. The fourth-order valence-corrected chi connectivity index (χ4v) is 6.52. The van der Waals surface area contributed by atoms with Crippen molar-refractivity contribution in [2.45, 2.75) is 18.2 Å². The second kappa shape index (κ2) is 8.85. The molecule has 2 heterocycles. The van der Waals surface area contributed by atoms with Crippen molar-refractivity contribution in [2.24, 2.45) is 0 Å². The van der Waals surface area contributed by atoms with E-state index in [2.05, 4.69) is 29.3 Å². The van der Waals surface area contributed by atoms with Crippen LogP contribution in [-0.2, 0) is 16.4 Å². The Morgan fingerprint density at radius 1 is 1.07 bits per heavy atom. The molecule has 30 heavy (non-hydrogen) atoms. The summed E-state index contributed by atoms with van der Waals surface area (Å²) in [6, 6.07) is 12.8. The predicted octanol–water partition coefficient (Wildman–Crippen LogP) is 4.86. The minimum atomic E-state index is -3.66. The molecule has 158 valence electrons. The summed E-state index contributed by atoms with van der Waals surface area (Å²) in [6.07, 6.45) is 0.798. The van der Waals surface area contributed by atoms with Crippen LogP contribution in [0.25, 0.3) is 0 Å². The average molecular weight is 482 g/mol. The summed E-state index contributed by atoms with van der Waals surface area (Å²) in [6.45, 7) is 4.04. The second-order valence-corrected chi connectivity index (χ2v) is 10.8. The molecule has 0 radical (unpaired) electrons. The fourth-order valence-electron chi connectivity index (χ4n) is 3.47. The molecule has 0 spiro atoms. The number of rotatable bonds is 5. The van der Waals surface area contributed by atoms with Crippen LogP contribution < -0.4 is 4.90 Å². The molecule has 1 aromatic heterocycles. The van der Waals surface area contributed by atoms with Crippen molar-refractivity contribution in [1.82, 2.24) is 9.29 Å². The topological polar surface area (TPSA) is 53.5 Å². The number of hydrogen-bond acceptors (Lipinski definition) is 5. The maximum atomic E-state index is 13.0. The van der Waals surface area contributed by atoms with E-state index in [1.165, 1.54) is 27.6 Å². The minimum absolute atomic E-state index is 0.0942. The SMILES string of the molecule is Cc1ccccc1Cc1csc(N2CCN(S(=O)(=O)c3ccc(Cl)cc3Cl)CC2)n1. The number of halogens is 2. The van der Waals surface area contributed by atoms with Crippen LogP contribution >= 0.6 is 34.5 Å². The molecule has 5 nitrogen and oxygen atoms in total. The van der Waals surface area contributed by atoms with E-state index in [0.29, 0.717) is 31.2 Å². The first-order chi connectivity index (χ1) is 14.3. The molecule has 1 fully saturated rings. The molecule has 1 aliphatic heterocycles. The lowest BCUT2D eigenvalue weighted by atomic mass is 10.1. The Morgan fingerprint density at radius 3 is 2.50 bits per heavy atom. The molecular formula is C21H21Cl2N3O2S2. The lowest BCUT2D eigenvalue weighted by Gasteiger charge is -2.33. The Bertz CT molecular complexity index is 1160. The Hall–Kier alpha value is -1.64. The molecule has 0 saturated carbocycles. The van der Waals surface area contributed by atoms with Crippen LogP contribution in [0.5, 0.6) is 0 Å². The highest BCUT2D eigenvalue weighted by molar-refractivity contribution is 7.89. The molecule has 0 N–H and O–H groups in total. The minimum Gasteiger partial charge on any atom is -0.345 e. The molecule has 0 aliphatic carbocycles. The quantitative estimate of drug-likeness (QED) is 0.521. The number of aromatic nitrogens is 1. The zero-order valence-corrected chi connectivity index (χ0v) is 19.5. The monoisotopic (exact) mass is 481 g/mol. The van der Waals surface area contributed by atoms with Gasteiger partial charge < -0.3 is 4.90 Å². The molecule has 0 bridgehead atoms. The zero-order chi connectivity index (χ0) is 21.3. The lowest BCUT2D eigenvalue weighted by molar-refractivity contribution is 0.384. The Labute approximate surface area is 190 Å². The molecule has 2 aromatic carbocycles. The first-order valence-electron chi connectivity index (χ1n) is 9.53. The lowest BCUT2D eigenvalue weighted by Crippen LogP contribution is -2.48. The number of nitrogens with zero attached hydrogens (tertiary/aromatic N) is 3. The van der Waals surface area contributed by atoms with Crippen molar-refractivity contribution >= 4 is 49.7 Å².